The van der Waals surface area contributed by atoms with E-state index in [2.05, 4.69) is 16.1 Å². The molecule has 6 N–H and O–H groups in total. The summed E-state index contributed by atoms with van der Waals surface area (Å²) in [6.07, 6.45) is 11.3. The van der Waals surface area contributed by atoms with Gasteiger partial charge in [-0.1, -0.05) is 65.2 Å². The molecule has 0 bridgehead atoms. The van der Waals surface area contributed by atoms with Crippen LogP contribution in [-0.2, 0) is 13.9 Å². The minimum absolute atomic E-state index is 0.0279. The number of aliphatic hydroxyl groups is 3. The van der Waals surface area contributed by atoms with Crippen LogP contribution in [0.15, 0.2) is 0 Å². The topological polar surface area (TPSA) is 157 Å². The highest BCUT2D eigenvalue weighted by Crippen LogP contribution is 2.28. The molecule has 0 heterocycles. The lowest BCUT2D eigenvalue weighted by atomic mass is 9.75. The second-order valence-corrected chi connectivity index (χ2v) is 9.07. The van der Waals surface area contributed by atoms with Gasteiger partial charge in [-0.3, -0.25) is 4.79 Å². The van der Waals surface area contributed by atoms with E-state index in [0.717, 1.165) is 12.8 Å². The fraction of sp³-hybridized carbons (Fsp3) is 0.944. The summed E-state index contributed by atoms with van der Waals surface area (Å²) in [5.74, 6) is -0.485. The van der Waals surface area contributed by atoms with Crippen LogP contribution in [0.1, 0.15) is 78.1 Å². The Hall–Kier alpha value is -0.216. The van der Waals surface area contributed by atoms with Gasteiger partial charge in [-0.25, -0.2) is 4.58 Å². The lowest BCUT2D eigenvalue weighted by molar-refractivity contribution is -0.173. The molecule has 11 heteroatoms. The average Bonchev–Trinajstić information content (AvgIpc) is 2.67. The number of hydrogen-bond acceptors (Lipinski definition) is 9. The summed E-state index contributed by atoms with van der Waals surface area (Å²) in [5, 5.41) is 28.1. The Kier molecular flexibility index (Phi) is 19.8. The van der Waals surface area contributed by atoms with Crippen molar-refractivity contribution in [1.82, 2.24) is 0 Å². The molecule has 0 radical (unpaired) electrons. The zero-order valence-electron chi connectivity index (χ0n) is 18.2. The summed E-state index contributed by atoms with van der Waals surface area (Å²) in [4.78, 5) is 36.0. The first-order valence-corrected chi connectivity index (χ1v) is 12.9. The number of hydrogen-bond donors (Lipinski definition) is 6. The highest BCUT2D eigenvalue weighted by atomic mass is 28.4. The Morgan fingerprint density at radius 2 is 1.31 bits per heavy atom. The Bertz CT molecular complexity index is 380. The fourth-order valence-electron chi connectivity index (χ4n) is 2.84. The van der Waals surface area contributed by atoms with Gasteiger partial charge in [0.15, 0.2) is 10.5 Å². The van der Waals surface area contributed by atoms with E-state index in [1.807, 2.05) is 0 Å². The zero-order valence-corrected chi connectivity index (χ0v) is 21.2. The van der Waals surface area contributed by atoms with Crippen molar-refractivity contribution < 1.29 is 43.7 Å². The van der Waals surface area contributed by atoms with E-state index in [1.54, 1.807) is 6.92 Å². The van der Waals surface area contributed by atoms with Gasteiger partial charge >= 0.3 is 9.05 Å². The van der Waals surface area contributed by atoms with Crippen molar-refractivity contribution in [3.8, 4) is 0 Å². The molecule has 0 spiro atoms. The van der Waals surface area contributed by atoms with Crippen LogP contribution in [-0.4, -0.2) is 74.8 Å². The Labute approximate surface area is 178 Å². The monoisotopic (exact) mass is 458 g/mol. The van der Waals surface area contributed by atoms with Crippen molar-refractivity contribution in [2.45, 2.75) is 78.1 Å². The van der Waals surface area contributed by atoms with E-state index in [1.165, 1.54) is 44.9 Å². The first-order chi connectivity index (χ1) is 13.6. The van der Waals surface area contributed by atoms with Crippen molar-refractivity contribution in [2.24, 2.45) is 11.3 Å². The average molecular weight is 459 g/mol. The van der Waals surface area contributed by atoms with Crippen LogP contribution in [0.4, 0.5) is 0 Å². The van der Waals surface area contributed by atoms with Crippen LogP contribution in [0, 0.1) is 11.3 Å². The third-order valence-electron chi connectivity index (χ3n) is 5.07. The molecule has 176 valence electrons. The first-order valence-electron chi connectivity index (χ1n) is 10.4. The Morgan fingerprint density at radius 1 is 0.897 bits per heavy atom. The van der Waals surface area contributed by atoms with Gasteiger partial charge in [0.1, 0.15) is 5.78 Å². The first kappa shape index (κ1) is 31.0. The maximum atomic E-state index is 12.1. The Morgan fingerprint density at radius 3 is 1.62 bits per heavy atom. The summed E-state index contributed by atoms with van der Waals surface area (Å²) in [6, 6.07) is 0. The van der Waals surface area contributed by atoms with Gasteiger partial charge in [0, 0.05) is 17.8 Å². The molecule has 0 aliphatic carbocycles. The van der Waals surface area contributed by atoms with Crippen LogP contribution < -0.4 is 0 Å². The summed E-state index contributed by atoms with van der Waals surface area (Å²) in [7, 11) is -4.14. The molecule has 0 fully saturated rings. The number of rotatable bonds is 17. The molecule has 0 rings (SSSR count). The second-order valence-electron chi connectivity index (χ2n) is 7.43. The SMILES string of the molecule is CCCCCCCCCCCC(=O)C(C)C(CO)(CO)CO.O[Si](O)(O)OO[SiH3]. The molecule has 0 aromatic heterocycles. The summed E-state index contributed by atoms with van der Waals surface area (Å²) in [5.41, 5.74) is -1.09. The van der Waals surface area contributed by atoms with E-state index >= 15 is 0 Å². The third-order valence-corrected chi connectivity index (χ3v) is 5.96. The van der Waals surface area contributed by atoms with Crippen molar-refractivity contribution in [3.05, 3.63) is 0 Å². The number of aliphatic hydroxyl groups excluding tert-OH is 3. The van der Waals surface area contributed by atoms with Crippen molar-refractivity contribution in [1.29, 1.82) is 0 Å². The maximum Gasteiger partial charge on any atom is 0.698 e. The van der Waals surface area contributed by atoms with Crippen LogP contribution >= 0.6 is 0 Å². The number of ketones is 1. The third kappa shape index (κ3) is 16.2. The summed E-state index contributed by atoms with van der Waals surface area (Å²) < 4.78 is 7.45. The fourth-order valence-corrected chi connectivity index (χ4v) is 3.73. The largest absolute Gasteiger partial charge is 0.698 e. The minimum Gasteiger partial charge on any atom is -0.396 e. The molecule has 0 saturated carbocycles. The molecule has 0 amide bonds. The van der Waals surface area contributed by atoms with Crippen molar-refractivity contribution in [3.63, 3.8) is 0 Å². The maximum absolute atomic E-state index is 12.1. The van der Waals surface area contributed by atoms with Gasteiger partial charge in [0.25, 0.3) is 0 Å². The second kappa shape index (κ2) is 18.5. The van der Waals surface area contributed by atoms with Gasteiger partial charge in [-0.2, -0.15) is 0 Å². The van der Waals surface area contributed by atoms with Crippen LogP contribution in [0.25, 0.3) is 0 Å². The van der Waals surface area contributed by atoms with E-state index in [-0.39, 0.29) is 36.1 Å². The smallest absolute Gasteiger partial charge is 0.396 e. The van der Waals surface area contributed by atoms with Gasteiger partial charge in [0.2, 0.25) is 0 Å². The summed E-state index contributed by atoms with van der Waals surface area (Å²) in [6.45, 7) is 2.80. The van der Waals surface area contributed by atoms with Crippen molar-refractivity contribution in [2.75, 3.05) is 19.8 Å². The molecule has 0 aliphatic heterocycles. The molecule has 0 aromatic rings. The molecule has 0 saturated heterocycles. The van der Waals surface area contributed by atoms with Gasteiger partial charge < -0.3 is 34.3 Å². The predicted molar refractivity (Wildman–Crippen MR) is 114 cm³/mol. The molecule has 1 unspecified atom stereocenters. The van der Waals surface area contributed by atoms with Crippen molar-refractivity contribution >= 4 is 25.3 Å². The quantitative estimate of drug-likeness (QED) is 0.0745. The van der Waals surface area contributed by atoms with E-state index in [9.17, 15) is 20.1 Å². The zero-order chi connectivity index (χ0) is 22.8. The molecular weight excluding hydrogens is 416 g/mol. The lowest BCUT2D eigenvalue weighted by Crippen LogP contribution is -2.43. The van der Waals surface area contributed by atoms with Gasteiger partial charge in [-0.15, -0.1) is 0 Å². The normalized spacial score (nSPS) is 13.1. The minimum atomic E-state index is -4.34. The number of Topliss-reactive ketones (excluding diaryl/α,β-unsaturated/α-hetero) is 1. The van der Waals surface area contributed by atoms with E-state index in [0.29, 0.717) is 6.42 Å². The van der Waals surface area contributed by atoms with Crippen LogP contribution in [0.5, 0.6) is 0 Å². The lowest BCUT2D eigenvalue weighted by Gasteiger charge is -2.33. The molecular formula is C18H42O9Si2. The highest BCUT2D eigenvalue weighted by molar-refractivity contribution is 6.48. The molecule has 9 nitrogen and oxygen atoms in total. The van der Waals surface area contributed by atoms with Gasteiger partial charge in [-0.05, 0) is 6.42 Å². The van der Waals surface area contributed by atoms with E-state index in [4.69, 9.17) is 14.4 Å². The number of carbonyl (C=O) groups is 1. The molecule has 29 heavy (non-hydrogen) atoms. The highest BCUT2D eigenvalue weighted by Gasteiger charge is 2.38. The number of unbranched alkanes of at least 4 members (excludes halogenated alkanes) is 8. The molecule has 1 atom stereocenters. The predicted octanol–water partition coefficient (Wildman–Crippen LogP) is -0.297. The number of carbonyl (C=O) groups excluding carboxylic acids is 1. The van der Waals surface area contributed by atoms with E-state index < -0.39 is 20.4 Å². The van der Waals surface area contributed by atoms with Crippen LogP contribution in [0.2, 0.25) is 0 Å². The molecule has 0 aromatic carbocycles. The Balaban J connectivity index is 0. The van der Waals surface area contributed by atoms with Crippen LogP contribution in [0.3, 0.4) is 0 Å². The summed E-state index contributed by atoms with van der Waals surface area (Å²) >= 11 is 0. The van der Waals surface area contributed by atoms with Gasteiger partial charge in [0.05, 0.1) is 19.8 Å². The standard InChI is InChI=1S/C18H36O4.H6O5Si2/c1-3-4-5-6-7-8-9-10-11-12-17(22)16(2)18(13-19,14-20)15-21;1-7(2,3)5-4-6/h16,19-21H,3-15H2,1-2H3;1-3H,6H3. The molecule has 0 aliphatic rings.